The van der Waals surface area contributed by atoms with Crippen molar-refractivity contribution in [1.82, 2.24) is 5.32 Å². The van der Waals surface area contributed by atoms with Gasteiger partial charge in [0.05, 0.1) is 6.07 Å². The van der Waals surface area contributed by atoms with Gasteiger partial charge in [0.25, 0.3) is 0 Å². The summed E-state index contributed by atoms with van der Waals surface area (Å²) in [6.45, 7) is 8.03. The topological polar surface area (TPSA) is 45.0 Å². The van der Waals surface area contributed by atoms with Crippen LogP contribution in [0.3, 0.4) is 0 Å². The van der Waals surface area contributed by atoms with E-state index < -0.39 is 0 Å². The number of ether oxygens (including phenoxy) is 1. The first kappa shape index (κ1) is 14.5. The van der Waals surface area contributed by atoms with Crippen LogP contribution in [0.25, 0.3) is 0 Å². The largest absolute Gasteiger partial charge is 0.381 e. The van der Waals surface area contributed by atoms with Crippen molar-refractivity contribution < 1.29 is 4.74 Å². The van der Waals surface area contributed by atoms with Gasteiger partial charge in [-0.25, -0.2) is 0 Å². The summed E-state index contributed by atoms with van der Waals surface area (Å²) < 4.78 is 5.57. The van der Waals surface area contributed by atoms with Gasteiger partial charge in [0, 0.05) is 19.3 Å². The molecule has 1 atom stereocenters. The molecule has 0 radical (unpaired) electrons. The molecule has 1 rings (SSSR count). The summed E-state index contributed by atoms with van der Waals surface area (Å²) >= 11 is 0. The highest BCUT2D eigenvalue weighted by Gasteiger charge is 2.31. The van der Waals surface area contributed by atoms with Crippen molar-refractivity contribution in [1.29, 1.82) is 5.26 Å². The monoisotopic (exact) mass is 238 g/mol. The maximum absolute atomic E-state index is 9.18. The van der Waals surface area contributed by atoms with Gasteiger partial charge < -0.3 is 4.74 Å². The third kappa shape index (κ3) is 6.65. The first-order chi connectivity index (χ1) is 8.06. The third-order valence-corrected chi connectivity index (χ3v) is 3.15. The molecule has 0 aliphatic heterocycles. The van der Waals surface area contributed by atoms with Crippen LogP contribution in [-0.2, 0) is 4.74 Å². The molecule has 1 aliphatic rings. The number of rotatable bonds is 9. The van der Waals surface area contributed by atoms with Crippen LogP contribution in [0, 0.1) is 17.2 Å². The molecule has 0 aromatic rings. The molecule has 0 saturated heterocycles. The molecule has 1 N–H and O–H groups in total. The Bertz CT molecular complexity index is 255. The number of nitriles is 1. The Balaban J connectivity index is 2.05. The predicted octanol–water partition coefficient (Wildman–Crippen LogP) is 2.86. The molecule has 0 heterocycles. The van der Waals surface area contributed by atoms with Crippen LogP contribution < -0.4 is 5.32 Å². The van der Waals surface area contributed by atoms with E-state index in [9.17, 15) is 5.26 Å². The molecule has 0 aromatic heterocycles. The summed E-state index contributed by atoms with van der Waals surface area (Å²) in [6.07, 6.45) is 5.41. The minimum Gasteiger partial charge on any atom is -0.381 e. The van der Waals surface area contributed by atoms with Crippen molar-refractivity contribution in [3.8, 4) is 6.07 Å². The van der Waals surface area contributed by atoms with E-state index in [4.69, 9.17) is 4.74 Å². The maximum Gasteiger partial charge on any atom is 0.104 e. The second-order valence-electron chi connectivity index (χ2n) is 5.76. The first-order valence-corrected chi connectivity index (χ1v) is 6.82. The summed E-state index contributed by atoms with van der Waals surface area (Å²) in [7, 11) is 0. The normalized spacial score (nSPS) is 19.0. The Morgan fingerprint density at radius 2 is 2.12 bits per heavy atom. The smallest absolute Gasteiger partial charge is 0.104 e. The molecule has 1 unspecified atom stereocenters. The fourth-order valence-corrected chi connectivity index (χ4v) is 1.79. The Labute approximate surface area is 106 Å². The van der Waals surface area contributed by atoms with Crippen LogP contribution in [0.1, 0.15) is 52.9 Å². The van der Waals surface area contributed by atoms with Crippen molar-refractivity contribution in [2.45, 2.75) is 64.5 Å². The quantitative estimate of drug-likeness (QED) is 0.628. The van der Waals surface area contributed by atoms with Gasteiger partial charge in [-0.1, -0.05) is 13.8 Å². The third-order valence-electron chi connectivity index (χ3n) is 3.15. The molecule has 0 spiro atoms. The highest BCUT2D eigenvalue weighted by molar-refractivity contribution is 5.06. The molecule has 0 amide bonds. The zero-order valence-corrected chi connectivity index (χ0v) is 11.5. The molecular formula is C14H26N2O. The van der Waals surface area contributed by atoms with E-state index in [0.29, 0.717) is 12.0 Å². The second-order valence-corrected chi connectivity index (χ2v) is 5.76. The lowest BCUT2D eigenvalue weighted by atomic mass is 9.98. The van der Waals surface area contributed by atoms with Crippen molar-refractivity contribution in [2.75, 3.05) is 13.2 Å². The van der Waals surface area contributed by atoms with Crippen LogP contribution in [0.2, 0.25) is 0 Å². The lowest BCUT2D eigenvalue weighted by molar-refractivity contribution is 0.116. The molecule has 1 fully saturated rings. The van der Waals surface area contributed by atoms with Crippen molar-refractivity contribution in [3.05, 3.63) is 0 Å². The van der Waals surface area contributed by atoms with Crippen LogP contribution >= 0.6 is 0 Å². The van der Waals surface area contributed by atoms with Crippen LogP contribution in [0.4, 0.5) is 0 Å². The van der Waals surface area contributed by atoms with E-state index in [1.807, 2.05) is 6.92 Å². The van der Waals surface area contributed by atoms with E-state index in [0.717, 1.165) is 32.5 Å². The van der Waals surface area contributed by atoms with E-state index >= 15 is 0 Å². The van der Waals surface area contributed by atoms with Gasteiger partial charge in [-0.3, -0.25) is 5.32 Å². The van der Waals surface area contributed by atoms with Gasteiger partial charge in [0.2, 0.25) is 0 Å². The molecule has 0 aromatic carbocycles. The van der Waals surface area contributed by atoms with Gasteiger partial charge in [-0.15, -0.1) is 0 Å². The van der Waals surface area contributed by atoms with E-state index in [1.54, 1.807) is 0 Å². The standard InChI is InChI=1S/C14H26N2O/c1-12(2)7-10-17-9-4-8-14(3,11-15)16-13-5-6-13/h12-13,16H,4-10H2,1-3H3. The minimum absolute atomic E-state index is 0.359. The lowest BCUT2D eigenvalue weighted by Gasteiger charge is -2.23. The van der Waals surface area contributed by atoms with E-state index in [-0.39, 0.29) is 5.54 Å². The average molecular weight is 238 g/mol. The number of hydrogen-bond acceptors (Lipinski definition) is 3. The van der Waals surface area contributed by atoms with Crippen molar-refractivity contribution in [2.24, 2.45) is 5.92 Å². The fourth-order valence-electron chi connectivity index (χ4n) is 1.79. The number of nitrogens with zero attached hydrogens (tertiary/aromatic N) is 1. The van der Waals surface area contributed by atoms with Crippen LogP contribution in [-0.4, -0.2) is 24.8 Å². The Morgan fingerprint density at radius 3 is 2.65 bits per heavy atom. The van der Waals surface area contributed by atoms with E-state index in [1.165, 1.54) is 12.8 Å². The molecule has 3 heteroatoms. The van der Waals surface area contributed by atoms with Crippen LogP contribution in [0.15, 0.2) is 0 Å². The number of hydrogen-bond donors (Lipinski definition) is 1. The van der Waals surface area contributed by atoms with Gasteiger partial charge >= 0.3 is 0 Å². The molecular weight excluding hydrogens is 212 g/mol. The highest BCUT2D eigenvalue weighted by Crippen LogP contribution is 2.24. The Hall–Kier alpha value is -0.590. The highest BCUT2D eigenvalue weighted by atomic mass is 16.5. The predicted molar refractivity (Wildman–Crippen MR) is 69.7 cm³/mol. The Kier molecular flexibility index (Phi) is 5.94. The second kappa shape index (κ2) is 6.98. The van der Waals surface area contributed by atoms with Gasteiger partial charge in [-0.05, 0) is 44.9 Å². The zero-order chi connectivity index (χ0) is 12.7. The molecule has 98 valence electrons. The summed E-state index contributed by atoms with van der Waals surface area (Å²) in [5, 5.41) is 12.6. The molecule has 3 nitrogen and oxygen atoms in total. The molecule has 0 bridgehead atoms. The minimum atomic E-state index is -0.359. The van der Waals surface area contributed by atoms with Gasteiger partial charge in [0.1, 0.15) is 5.54 Å². The fraction of sp³-hybridized carbons (Fsp3) is 0.929. The maximum atomic E-state index is 9.18. The first-order valence-electron chi connectivity index (χ1n) is 6.82. The van der Waals surface area contributed by atoms with E-state index in [2.05, 4.69) is 25.2 Å². The number of nitrogens with one attached hydrogen (secondary N) is 1. The van der Waals surface area contributed by atoms with Gasteiger partial charge in [0.15, 0.2) is 0 Å². The van der Waals surface area contributed by atoms with Crippen molar-refractivity contribution in [3.63, 3.8) is 0 Å². The van der Waals surface area contributed by atoms with Crippen molar-refractivity contribution >= 4 is 0 Å². The van der Waals surface area contributed by atoms with Gasteiger partial charge in [-0.2, -0.15) is 5.26 Å². The molecule has 17 heavy (non-hydrogen) atoms. The summed E-state index contributed by atoms with van der Waals surface area (Å²) in [4.78, 5) is 0. The summed E-state index contributed by atoms with van der Waals surface area (Å²) in [6, 6.07) is 2.98. The Morgan fingerprint density at radius 1 is 1.41 bits per heavy atom. The zero-order valence-electron chi connectivity index (χ0n) is 11.5. The summed E-state index contributed by atoms with van der Waals surface area (Å²) in [5.74, 6) is 0.705. The lowest BCUT2D eigenvalue weighted by Crippen LogP contribution is -2.42. The average Bonchev–Trinajstić information content (AvgIpc) is 3.06. The summed E-state index contributed by atoms with van der Waals surface area (Å²) in [5.41, 5.74) is -0.359. The molecule has 1 aliphatic carbocycles. The SMILES string of the molecule is CC(C)CCOCCCC(C)(C#N)NC1CC1. The molecule has 1 saturated carbocycles. The van der Waals surface area contributed by atoms with Crippen LogP contribution in [0.5, 0.6) is 0 Å².